The fourth-order valence-electron chi connectivity index (χ4n) is 11.3. The lowest BCUT2D eigenvalue weighted by Gasteiger charge is -2.29. The predicted octanol–water partition coefficient (Wildman–Crippen LogP) is 17.0. The SMILES string of the molecule is C1=CC2c3ccc(-c4ccc5c(c4)c4ccccc4n5-c4cccc(-c5cc(-c6ccccc6)nc(-c6ccccc6)c5)c4)cc3N(c3ccc4c5ccccc5c5ccccc5c4c3)C2C=C1. The number of nitrogens with zero attached hydrogens (tertiary/aromatic N) is 3. The third-order valence-electron chi connectivity index (χ3n) is 14.5. The molecule has 2 aromatic heterocycles. The largest absolute Gasteiger partial charge is 0.333 e. The summed E-state index contributed by atoms with van der Waals surface area (Å²) in [5.74, 6) is 0.270. The summed E-state index contributed by atoms with van der Waals surface area (Å²) in [4.78, 5) is 7.74. The molecule has 14 rings (SSSR count). The van der Waals surface area contributed by atoms with Gasteiger partial charge in [-0.3, -0.25) is 0 Å². The summed E-state index contributed by atoms with van der Waals surface area (Å²) >= 11 is 0. The van der Waals surface area contributed by atoms with E-state index in [1.165, 1.54) is 82.2 Å². The van der Waals surface area contributed by atoms with Crippen LogP contribution in [-0.4, -0.2) is 15.6 Å². The van der Waals surface area contributed by atoms with Crippen molar-refractivity contribution in [2.24, 2.45) is 0 Å². The van der Waals surface area contributed by atoms with Gasteiger partial charge >= 0.3 is 0 Å². The van der Waals surface area contributed by atoms with Crippen molar-refractivity contribution in [3.05, 3.63) is 254 Å². The average molecular weight is 866 g/mol. The average Bonchev–Trinajstić information content (AvgIpc) is 3.93. The first-order chi connectivity index (χ1) is 33.7. The van der Waals surface area contributed by atoms with Crippen molar-refractivity contribution in [1.29, 1.82) is 0 Å². The first-order valence-electron chi connectivity index (χ1n) is 23.6. The van der Waals surface area contributed by atoms with Gasteiger partial charge in [0.1, 0.15) is 0 Å². The monoisotopic (exact) mass is 865 g/mol. The maximum Gasteiger partial charge on any atom is 0.0715 e. The Balaban J connectivity index is 0.884. The molecule has 12 aromatic rings. The van der Waals surface area contributed by atoms with Crippen LogP contribution in [0.3, 0.4) is 0 Å². The van der Waals surface area contributed by atoms with Gasteiger partial charge in [0, 0.05) is 44.9 Å². The molecule has 3 heteroatoms. The van der Waals surface area contributed by atoms with E-state index < -0.39 is 0 Å². The van der Waals surface area contributed by atoms with Gasteiger partial charge in [-0.05, 0) is 121 Å². The van der Waals surface area contributed by atoms with Crippen molar-refractivity contribution in [2.75, 3.05) is 4.90 Å². The van der Waals surface area contributed by atoms with Crippen LogP contribution in [0.2, 0.25) is 0 Å². The van der Waals surface area contributed by atoms with Gasteiger partial charge in [-0.25, -0.2) is 4.98 Å². The van der Waals surface area contributed by atoms with Crippen molar-refractivity contribution in [2.45, 2.75) is 12.0 Å². The molecule has 1 aliphatic heterocycles. The van der Waals surface area contributed by atoms with E-state index >= 15 is 0 Å². The molecule has 68 heavy (non-hydrogen) atoms. The van der Waals surface area contributed by atoms with Crippen LogP contribution >= 0.6 is 0 Å². The maximum absolute atomic E-state index is 5.16. The number of rotatable bonds is 6. The molecule has 10 aromatic carbocycles. The molecule has 2 unspecified atom stereocenters. The van der Waals surface area contributed by atoms with Crippen LogP contribution in [0.25, 0.3) is 105 Å². The Morgan fingerprint density at radius 2 is 0.882 bits per heavy atom. The summed E-state index contributed by atoms with van der Waals surface area (Å²) < 4.78 is 2.43. The lowest BCUT2D eigenvalue weighted by molar-refractivity contribution is 0.745. The number of para-hydroxylation sites is 1. The van der Waals surface area contributed by atoms with Gasteiger partial charge < -0.3 is 9.47 Å². The first-order valence-corrected chi connectivity index (χ1v) is 23.6. The highest BCUT2D eigenvalue weighted by Crippen LogP contribution is 2.50. The summed E-state index contributed by atoms with van der Waals surface area (Å²) in [6, 6.07) is 82.4. The topological polar surface area (TPSA) is 21.1 Å². The first kappa shape index (κ1) is 38.5. The second kappa shape index (κ2) is 15.4. The number of hydrogen-bond donors (Lipinski definition) is 0. The van der Waals surface area contributed by atoms with E-state index in [2.05, 4.69) is 258 Å². The van der Waals surface area contributed by atoms with E-state index in [1.807, 2.05) is 0 Å². The van der Waals surface area contributed by atoms with E-state index in [-0.39, 0.29) is 12.0 Å². The Hall–Kier alpha value is -8.79. The number of pyridine rings is 1. The van der Waals surface area contributed by atoms with E-state index in [1.54, 1.807) is 0 Å². The summed E-state index contributed by atoms with van der Waals surface area (Å²) in [5.41, 5.74) is 16.1. The molecule has 0 saturated heterocycles. The number of aromatic nitrogens is 2. The third-order valence-corrected chi connectivity index (χ3v) is 14.5. The van der Waals surface area contributed by atoms with Crippen LogP contribution in [0.15, 0.2) is 249 Å². The standard InChI is InChI=1S/C65H43N3/c1-3-16-42(17-4-1)60-38-47(39-61(66-60)43-18-5-2-6-19-43)44-20-15-21-48(36-44)67-63-29-14-12-27-56(63)59-37-45(31-35-64(59)67)46-30-33-57-55-26-11-13-28-62(55)68(65(57)40-46)49-32-34-54-52-24-8-7-22-50(52)51-23-9-10-25-53(51)58(54)41-49/h1-41,55,62H. The minimum atomic E-state index is 0.188. The van der Waals surface area contributed by atoms with Gasteiger partial charge in [-0.15, -0.1) is 0 Å². The lowest BCUT2D eigenvalue weighted by Crippen LogP contribution is -2.28. The second-order valence-corrected chi connectivity index (χ2v) is 18.2. The number of benzene rings is 10. The van der Waals surface area contributed by atoms with Crippen LogP contribution < -0.4 is 4.90 Å². The normalized spacial score (nSPS) is 15.2. The molecule has 318 valence electrons. The van der Waals surface area contributed by atoms with Crippen LogP contribution in [0.1, 0.15) is 11.5 Å². The minimum absolute atomic E-state index is 0.188. The molecule has 2 atom stereocenters. The fraction of sp³-hybridized carbons (Fsp3) is 0.0308. The van der Waals surface area contributed by atoms with Gasteiger partial charge in [0.25, 0.3) is 0 Å². The van der Waals surface area contributed by atoms with Gasteiger partial charge in [0.2, 0.25) is 0 Å². The molecule has 0 saturated carbocycles. The maximum atomic E-state index is 5.16. The molecule has 0 fully saturated rings. The molecule has 0 bridgehead atoms. The van der Waals surface area contributed by atoms with Gasteiger partial charge in [-0.2, -0.15) is 0 Å². The Morgan fingerprint density at radius 1 is 0.324 bits per heavy atom. The quantitative estimate of drug-likeness (QED) is 0.155. The zero-order chi connectivity index (χ0) is 44.7. The van der Waals surface area contributed by atoms with Gasteiger partial charge in [0.05, 0.1) is 28.5 Å². The van der Waals surface area contributed by atoms with Crippen LogP contribution in [0, 0.1) is 0 Å². The molecule has 1 aliphatic carbocycles. The van der Waals surface area contributed by atoms with Crippen molar-refractivity contribution < 1.29 is 0 Å². The van der Waals surface area contributed by atoms with Gasteiger partial charge in [0.15, 0.2) is 0 Å². The third kappa shape index (κ3) is 6.10. The van der Waals surface area contributed by atoms with Crippen molar-refractivity contribution >= 4 is 65.5 Å². The molecule has 0 spiro atoms. The highest BCUT2D eigenvalue weighted by molar-refractivity contribution is 6.25. The number of fused-ring (bicyclic) bond motifs is 12. The molecule has 0 radical (unpaired) electrons. The highest BCUT2D eigenvalue weighted by atomic mass is 15.2. The fourth-order valence-corrected chi connectivity index (χ4v) is 11.3. The van der Waals surface area contributed by atoms with E-state index in [0.29, 0.717) is 0 Å². The molecular weight excluding hydrogens is 823 g/mol. The Bertz CT molecular complexity index is 3950. The molecule has 3 nitrogen and oxygen atoms in total. The smallest absolute Gasteiger partial charge is 0.0715 e. The van der Waals surface area contributed by atoms with Crippen molar-refractivity contribution in [3.8, 4) is 50.5 Å². The van der Waals surface area contributed by atoms with E-state index in [9.17, 15) is 0 Å². The Morgan fingerprint density at radius 3 is 1.60 bits per heavy atom. The van der Waals surface area contributed by atoms with Crippen LogP contribution in [0.5, 0.6) is 0 Å². The molecule has 0 N–H and O–H groups in total. The van der Waals surface area contributed by atoms with Gasteiger partial charge in [-0.1, -0.05) is 188 Å². The molecule has 2 aliphatic rings. The van der Waals surface area contributed by atoms with Crippen LogP contribution in [-0.2, 0) is 0 Å². The second-order valence-electron chi connectivity index (χ2n) is 18.2. The van der Waals surface area contributed by atoms with Crippen molar-refractivity contribution in [1.82, 2.24) is 9.55 Å². The molecular formula is C65H43N3. The highest BCUT2D eigenvalue weighted by Gasteiger charge is 2.37. The Labute approximate surface area is 394 Å². The number of hydrogen-bond acceptors (Lipinski definition) is 2. The molecule has 0 amide bonds. The van der Waals surface area contributed by atoms with E-state index in [0.717, 1.165) is 39.3 Å². The van der Waals surface area contributed by atoms with E-state index in [4.69, 9.17) is 4.98 Å². The summed E-state index contributed by atoms with van der Waals surface area (Å²) in [6.07, 6.45) is 9.18. The predicted molar refractivity (Wildman–Crippen MR) is 286 cm³/mol. The number of allylic oxidation sites excluding steroid dienone is 2. The summed E-state index contributed by atoms with van der Waals surface area (Å²) in [5, 5.41) is 10.2. The number of anilines is 2. The Kier molecular flexibility index (Phi) is 8.72. The summed E-state index contributed by atoms with van der Waals surface area (Å²) in [7, 11) is 0. The minimum Gasteiger partial charge on any atom is -0.333 e. The zero-order valence-electron chi connectivity index (χ0n) is 37.2. The van der Waals surface area contributed by atoms with Crippen LogP contribution in [0.4, 0.5) is 11.4 Å². The zero-order valence-corrected chi connectivity index (χ0v) is 37.2. The lowest BCUT2D eigenvalue weighted by atomic mass is 9.90. The summed E-state index contributed by atoms with van der Waals surface area (Å²) in [6.45, 7) is 0. The van der Waals surface area contributed by atoms with Crippen molar-refractivity contribution in [3.63, 3.8) is 0 Å². The molecule has 3 heterocycles.